The Balaban J connectivity index is 2.25. The molecule has 5 nitrogen and oxygen atoms in total. The van der Waals surface area contributed by atoms with E-state index in [-0.39, 0.29) is 12.5 Å². The van der Waals surface area contributed by atoms with Gasteiger partial charge in [-0.05, 0) is 51.0 Å². The SMILES string of the molecule is Cc1cc(Br)cc([C@@H]2CN(C(=O)OC(C)(C)C)C[C@H]2C(=O)O)c1. The average Bonchev–Trinajstić information content (AvgIpc) is 2.80. The summed E-state index contributed by atoms with van der Waals surface area (Å²) in [5.74, 6) is -1.76. The van der Waals surface area contributed by atoms with Crippen molar-refractivity contribution in [2.75, 3.05) is 13.1 Å². The molecule has 2 atom stereocenters. The number of carboxylic acid groups (broad SMARTS) is 1. The Kier molecular flexibility index (Phi) is 5.04. The molecular formula is C17H22BrNO4. The van der Waals surface area contributed by atoms with Crippen molar-refractivity contribution < 1.29 is 19.4 Å². The van der Waals surface area contributed by atoms with Gasteiger partial charge in [-0.2, -0.15) is 0 Å². The minimum atomic E-state index is -0.890. The summed E-state index contributed by atoms with van der Waals surface area (Å²) in [4.78, 5) is 25.4. The number of ether oxygens (including phenoxy) is 1. The largest absolute Gasteiger partial charge is 0.481 e. The van der Waals surface area contributed by atoms with E-state index in [9.17, 15) is 14.7 Å². The molecular weight excluding hydrogens is 362 g/mol. The summed E-state index contributed by atoms with van der Waals surface area (Å²) >= 11 is 3.45. The van der Waals surface area contributed by atoms with Gasteiger partial charge >= 0.3 is 12.1 Å². The first-order chi connectivity index (χ1) is 10.6. The van der Waals surface area contributed by atoms with Crippen LogP contribution in [0.1, 0.15) is 37.8 Å². The van der Waals surface area contributed by atoms with Crippen LogP contribution in [0.15, 0.2) is 22.7 Å². The van der Waals surface area contributed by atoms with Crippen molar-refractivity contribution in [3.05, 3.63) is 33.8 Å². The molecule has 0 bridgehead atoms. The van der Waals surface area contributed by atoms with Gasteiger partial charge < -0.3 is 14.7 Å². The first-order valence-electron chi connectivity index (χ1n) is 7.54. The maximum Gasteiger partial charge on any atom is 0.410 e. The van der Waals surface area contributed by atoms with Gasteiger partial charge in [0.15, 0.2) is 0 Å². The second-order valence-corrected chi connectivity index (χ2v) is 7.91. The van der Waals surface area contributed by atoms with Crippen molar-refractivity contribution in [2.45, 2.75) is 39.2 Å². The monoisotopic (exact) mass is 383 g/mol. The quantitative estimate of drug-likeness (QED) is 0.843. The van der Waals surface area contributed by atoms with E-state index in [4.69, 9.17) is 4.74 Å². The summed E-state index contributed by atoms with van der Waals surface area (Å²) in [5.41, 5.74) is 1.38. The van der Waals surface area contributed by atoms with Crippen LogP contribution >= 0.6 is 15.9 Å². The zero-order valence-corrected chi connectivity index (χ0v) is 15.4. The molecule has 0 spiro atoms. The summed E-state index contributed by atoms with van der Waals surface area (Å²) in [6.45, 7) is 7.87. The van der Waals surface area contributed by atoms with E-state index in [1.54, 1.807) is 20.8 Å². The predicted molar refractivity (Wildman–Crippen MR) is 90.6 cm³/mol. The minimum Gasteiger partial charge on any atom is -0.481 e. The van der Waals surface area contributed by atoms with Crippen LogP contribution in [0.4, 0.5) is 4.79 Å². The molecule has 23 heavy (non-hydrogen) atoms. The fourth-order valence-corrected chi connectivity index (χ4v) is 3.47. The molecule has 0 unspecified atom stereocenters. The zero-order valence-electron chi connectivity index (χ0n) is 13.8. The van der Waals surface area contributed by atoms with Gasteiger partial charge in [0.05, 0.1) is 5.92 Å². The van der Waals surface area contributed by atoms with Crippen LogP contribution in [-0.2, 0) is 9.53 Å². The smallest absolute Gasteiger partial charge is 0.410 e. The third-order valence-electron chi connectivity index (χ3n) is 3.78. The number of carboxylic acids is 1. The van der Waals surface area contributed by atoms with Gasteiger partial charge in [-0.3, -0.25) is 4.79 Å². The molecule has 0 aromatic heterocycles. The van der Waals surface area contributed by atoms with Crippen LogP contribution in [0.3, 0.4) is 0 Å². The molecule has 1 amide bonds. The van der Waals surface area contributed by atoms with E-state index >= 15 is 0 Å². The van der Waals surface area contributed by atoms with Crippen LogP contribution in [-0.4, -0.2) is 40.8 Å². The van der Waals surface area contributed by atoms with Gasteiger partial charge in [0.25, 0.3) is 0 Å². The number of likely N-dealkylation sites (tertiary alicyclic amines) is 1. The second kappa shape index (κ2) is 6.51. The highest BCUT2D eigenvalue weighted by Gasteiger charge is 2.41. The molecule has 1 aliphatic rings. The number of aryl methyl sites for hydroxylation is 1. The maximum absolute atomic E-state index is 12.2. The first-order valence-corrected chi connectivity index (χ1v) is 8.34. The topological polar surface area (TPSA) is 66.8 Å². The van der Waals surface area contributed by atoms with E-state index in [1.165, 1.54) is 4.90 Å². The summed E-state index contributed by atoms with van der Waals surface area (Å²) in [5, 5.41) is 9.53. The molecule has 1 saturated heterocycles. The van der Waals surface area contributed by atoms with E-state index < -0.39 is 23.6 Å². The molecule has 0 radical (unpaired) electrons. The van der Waals surface area contributed by atoms with Gasteiger partial charge in [0.2, 0.25) is 0 Å². The molecule has 1 aromatic rings. The van der Waals surface area contributed by atoms with E-state index in [2.05, 4.69) is 15.9 Å². The van der Waals surface area contributed by atoms with Crippen LogP contribution in [0, 0.1) is 12.8 Å². The molecule has 1 N–H and O–H groups in total. The Morgan fingerprint density at radius 1 is 1.26 bits per heavy atom. The summed E-state index contributed by atoms with van der Waals surface area (Å²) in [7, 11) is 0. The summed E-state index contributed by atoms with van der Waals surface area (Å²) in [6, 6.07) is 5.87. The Labute approximate surface area is 144 Å². The van der Waals surface area contributed by atoms with Gasteiger partial charge in [0.1, 0.15) is 5.60 Å². The second-order valence-electron chi connectivity index (χ2n) is 7.00. The molecule has 6 heteroatoms. The number of carbonyl (C=O) groups is 2. The Hall–Kier alpha value is -1.56. The highest BCUT2D eigenvalue weighted by Crippen LogP contribution is 2.35. The van der Waals surface area contributed by atoms with Crippen LogP contribution in [0.5, 0.6) is 0 Å². The molecule has 0 aliphatic carbocycles. The van der Waals surface area contributed by atoms with Crippen molar-refractivity contribution in [2.24, 2.45) is 5.92 Å². The number of rotatable bonds is 2. The summed E-state index contributed by atoms with van der Waals surface area (Å²) < 4.78 is 6.28. The molecule has 1 fully saturated rings. The summed E-state index contributed by atoms with van der Waals surface area (Å²) in [6.07, 6.45) is -0.460. The molecule has 2 rings (SSSR count). The molecule has 1 heterocycles. The molecule has 1 aliphatic heterocycles. The van der Waals surface area contributed by atoms with E-state index in [1.807, 2.05) is 25.1 Å². The van der Waals surface area contributed by atoms with E-state index in [0.29, 0.717) is 6.54 Å². The fraction of sp³-hybridized carbons (Fsp3) is 0.529. The van der Waals surface area contributed by atoms with Crippen molar-refractivity contribution in [1.29, 1.82) is 0 Å². The highest BCUT2D eigenvalue weighted by molar-refractivity contribution is 9.10. The standard InChI is InChI=1S/C17H22BrNO4/c1-10-5-11(7-12(18)6-10)13-8-19(9-14(13)15(20)21)16(22)23-17(2,3)4/h5-7,13-14H,8-9H2,1-4H3,(H,20,21)/t13-,14+/m0/s1. The van der Waals surface area contributed by atoms with Crippen molar-refractivity contribution in [3.8, 4) is 0 Å². The number of amides is 1. The van der Waals surface area contributed by atoms with E-state index in [0.717, 1.165) is 15.6 Å². The third kappa shape index (κ3) is 4.47. The minimum absolute atomic E-state index is 0.167. The molecule has 0 saturated carbocycles. The number of nitrogens with zero attached hydrogens (tertiary/aromatic N) is 1. The van der Waals surface area contributed by atoms with Gasteiger partial charge in [0, 0.05) is 23.5 Å². The zero-order chi connectivity index (χ0) is 17.4. The Morgan fingerprint density at radius 3 is 2.43 bits per heavy atom. The molecule has 1 aromatic carbocycles. The van der Waals surface area contributed by atoms with Crippen LogP contribution < -0.4 is 0 Å². The lowest BCUT2D eigenvalue weighted by Crippen LogP contribution is -2.35. The van der Waals surface area contributed by atoms with Gasteiger partial charge in [-0.1, -0.05) is 22.0 Å². The van der Waals surface area contributed by atoms with Crippen LogP contribution in [0.25, 0.3) is 0 Å². The fourth-order valence-electron chi connectivity index (χ4n) is 2.85. The van der Waals surface area contributed by atoms with Gasteiger partial charge in [-0.15, -0.1) is 0 Å². The van der Waals surface area contributed by atoms with Crippen molar-refractivity contribution in [3.63, 3.8) is 0 Å². The number of aliphatic carboxylic acids is 1. The lowest BCUT2D eigenvalue weighted by Gasteiger charge is -2.24. The number of benzene rings is 1. The number of halogens is 1. The third-order valence-corrected chi connectivity index (χ3v) is 4.24. The highest BCUT2D eigenvalue weighted by atomic mass is 79.9. The van der Waals surface area contributed by atoms with Gasteiger partial charge in [-0.25, -0.2) is 4.79 Å². The normalized spacial score (nSPS) is 21.3. The number of hydrogen-bond donors (Lipinski definition) is 1. The van der Waals surface area contributed by atoms with Crippen molar-refractivity contribution in [1.82, 2.24) is 4.90 Å². The Morgan fingerprint density at radius 2 is 1.91 bits per heavy atom. The predicted octanol–water partition coefficient (Wildman–Crippen LogP) is 3.79. The van der Waals surface area contributed by atoms with Crippen molar-refractivity contribution >= 4 is 28.0 Å². The maximum atomic E-state index is 12.2. The Bertz CT molecular complexity index is 603. The lowest BCUT2D eigenvalue weighted by atomic mass is 9.88. The number of hydrogen-bond acceptors (Lipinski definition) is 3. The number of carbonyl (C=O) groups excluding carboxylic acids is 1. The van der Waals surface area contributed by atoms with Crippen LogP contribution in [0.2, 0.25) is 0 Å². The molecule has 126 valence electrons. The first kappa shape index (κ1) is 17.8. The lowest BCUT2D eigenvalue weighted by molar-refractivity contribution is -0.141. The average molecular weight is 384 g/mol.